The Morgan fingerprint density at radius 3 is 2.56 bits per heavy atom. The maximum atomic E-state index is 12.1. The van der Waals surface area contributed by atoms with Crippen LogP contribution in [0.3, 0.4) is 0 Å². The Labute approximate surface area is 111 Å². The van der Waals surface area contributed by atoms with E-state index in [-0.39, 0.29) is 11.7 Å². The van der Waals surface area contributed by atoms with Gasteiger partial charge in [0, 0.05) is 17.0 Å². The maximum absolute atomic E-state index is 12.1. The molecule has 1 atom stereocenters. The number of rotatable bonds is 0. The van der Waals surface area contributed by atoms with Gasteiger partial charge in [-0.05, 0) is 36.6 Å². The van der Waals surface area contributed by atoms with Crippen LogP contribution in [0.15, 0.2) is 12.1 Å². The van der Waals surface area contributed by atoms with Crippen LogP contribution >= 0.6 is 0 Å². The molecule has 1 unspecified atom stereocenters. The Hall–Kier alpha value is -1.33. The first-order valence-electron chi connectivity index (χ1n) is 6.49. The summed E-state index contributed by atoms with van der Waals surface area (Å²) in [5.74, 6) is 3.67. The fraction of sp³-hybridized carbons (Fsp3) is 0.438. The average molecular weight is 256 g/mol. The van der Waals surface area contributed by atoms with Gasteiger partial charge in [-0.15, -0.1) is 5.54 Å². The van der Waals surface area contributed by atoms with E-state index >= 15 is 0 Å². The van der Waals surface area contributed by atoms with Crippen molar-refractivity contribution in [1.29, 1.82) is 0 Å². The van der Waals surface area contributed by atoms with Crippen molar-refractivity contribution in [3.05, 3.63) is 34.4 Å². The molecule has 1 aromatic rings. The van der Waals surface area contributed by atoms with Crippen molar-refractivity contribution < 1.29 is 4.79 Å². The Morgan fingerprint density at radius 1 is 1.28 bits per heavy atom. The monoisotopic (exact) mass is 256 g/mol. The summed E-state index contributed by atoms with van der Waals surface area (Å²) < 4.78 is 0. The zero-order chi connectivity index (χ0) is 13.5. The first kappa shape index (κ1) is 13.1. The van der Waals surface area contributed by atoms with Gasteiger partial charge in [0.15, 0.2) is 5.78 Å². The van der Waals surface area contributed by atoms with Gasteiger partial charge in [0.25, 0.3) is 0 Å². The number of hydrogen-bond donors (Lipinski definition) is 0. The van der Waals surface area contributed by atoms with Gasteiger partial charge in [-0.1, -0.05) is 32.5 Å². The summed E-state index contributed by atoms with van der Waals surface area (Å²) in [5.41, 5.74) is 7.70. The zero-order valence-corrected chi connectivity index (χ0v) is 12.8. The summed E-state index contributed by atoms with van der Waals surface area (Å²) in [6.07, 6.45) is 0.891. The summed E-state index contributed by atoms with van der Waals surface area (Å²) in [7, 11) is -1.36. The summed E-state index contributed by atoms with van der Waals surface area (Å²) >= 11 is 0. The van der Waals surface area contributed by atoms with E-state index in [2.05, 4.69) is 44.1 Å². The van der Waals surface area contributed by atoms with Crippen LogP contribution in [0.5, 0.6) is 0 Å². The van der Waals surface area contributed by atoms with Crippen molar-refractivity contribution in [2.24, 2.45) is 5.92 Å². The Balaban J connectivity index is 2.46. The lowest BCUT2D eigenvalue weighted by Gasteiger charge is -2.06. The third-order valence-corrected chi connectivity index (χ3v) is 4.15. The average Bonchev–Trinajstić information content (AvgIpc) is 2.53. The minimum atomic E-state index is -1.36. The van der Waals surface area contributed by atoms with Crippen molar-refractivity contribution in [2.75, 3.05) is 0 Å². The van der Waals surface area contributed by atoms with Gasteiger partial charge >= 0.3 is 0 Å². The molecule has 1 nitrogen and oxygen atoms in total. The van der Waals surface area contributed by atoms with E-state index in [1.165, 1.54) is 11.1 Å². The third-order valence-electron chi connectivity index (χ3n) is 3.28. The van der Waals surface area contributed by atoms with Gasteiger partial charge in [-0.25, -0.2) is 0 Å². The first-order valence-corrected chi connectivity index (χ1v) is 9.99. The predicted octanol–water partition coefficient (Wildman–Crippen LogP) is 3.60. The highest BCUT2D eigenvalue weighted by Crippen LogP contribution is 2.30. The van der Waals surface area contributed by atoms with Gasteiger partial charge in [-0.2, -0.15) is 0 Å². The van der Waals surface area contributed by atoms with Crippen LogP contribution < -0.4 is 0 Å². The molecule has 1 aromatic carbocycles. The topological polar surface area (TPSA) is 17.1 Å². The predicted molar refractivity (Wildman–Crippen MR) is 78.6 cm³/mol. The van der Waals surface area contributed by atoms with E-state index in [1.54, 1.807) is 0 Å². The number of Topliss-reactive ketones (excluding diaryl/α,β-unsaturated/α-hetero) is 1. The van der Waals surface area contributed by atoms with Gasteiger partial charge in [0.1, 0.15) is 8.07 Å². The fourth-order valence-corrected chi connectivity index (χ4v) is 2.82. The molecule has 0 heterocycles. The Bertz CT molecular complexity index is 567. The normalized spacial score (nSPS) is 18.3. The summed E-state index contributed by atoms with van der Waals surface area (Å²) in [4.78, 5) is 12.1. The van der Waals surface area contributed by atoms with Gasteiger partial charge in [-0.3, -0.25) is 4.79 Å². The molecule has 0 saturated heterocycles. The molecule has 1 aliphatic carbocycles. The SMILES string of the molecule is Cc1cc(C#C[Si](C)(C)C)cc2c1CC(C)C2=O. The van der Waals surface area contributed by atoms with Gasteiger partial charge in [0.2, 0.25) is 0 Å². The van der Waals surface area contributed by atoms with Crippen molar-refractivity contribution in [1.82, 2.24) is 0 Å². The van der Waals surface area contributed by atoms with Crippen LogP contribution in [0.1, 0.15) is 34.0 Å². The van der Waals surface area contributed by atoms with Crippen LogP contribution in [0.4, 0.5) is 0 Å². The maximum Gasteiger partial charge on any atom is 0.166 e. The molecule has 94 valence electrons. The minimum absolute atomic E-state index is 0.138. The molecule has 0 radical (unpaired) electrons. The second kappa shape index (κ2) is 4.40. The van der Waals surface area contributed by atoms with Crippen molar-refractivity contribution in [3.8, 4) is 11.5 Å². The molecule has 0 amide bonds. The van der Waals surface area contributed by atoms with Crippen molar-refractivity contribution >= 4 is 13.9 Å². The molecule has 18 heavy (non-hydrogen) atoms. The van der Waals surface area contributed by atoms with Crippen LogP contribution in [-0.2, 0) is 6.42 Å². The molecule has 0 bridgehead atoms. The van der Waals surface area contributed by atoms with Crippen LogP contribution in [0, 0.1) is 24.3 Å². The second-order valence-corrected chi connectivity index (χ2v) is 11.0. The van der Waals surface area contributed by atoms with Gasteiger partial charge in [0.05, 0.1) is 0 Å². The summed E-state index contributed by atoms with van der Waals surface area (Å²) in [5, 5.41) is 0. The minimum Gasteiger partial charge on any atom is -0.294 e. The second-order valence-electron chi connectivity index (χ2n) is 6.29. The highest BCUT2D eigenvalue weighted by Gasteiger charge is 2.28. The lowest BCUT2D eigenvalue weighted by molar-refractivity contribution is 0.0946. The zero-order valence-electron chi connectivity index (χ0n) is 11.8. The number of carbonyl (C=O) groups excluding carboxylic acids is 1. The third kappa shape index (κ3) is 2.57. The molecule has 0 saturated carbocycles. The molecule has 1 aliphatic rings. The number of ketones is 1. The smallest absolute Gasteiger partial charge is 0.166 e. The molecular weight excluding hydrogens is 236 g/mol. The first-order chi connectivity index (χ1) is 8.28. The molecule has 0 fully saturated rings. The van der Waals surface area contributed by atoms with E-state index in [9.17, 15) is 4.79 Å². The number of aryl methyl sites for hydroxylation is 1. The number of carbonyl (C=O) groups is 1. The molecule has 0 spiro atoms. The molecule has 0 N–H and O–H groups in total. The molecule has 2 rings (SSSR count). The molecule has 2 heteroatoms. The van der Waals surface area contributed by atoms with Crippen LogP contribution in [-0.4, -0.2) is 13.9 Å². The van der Waals surface area contributed by atoms with Crippen LogP contribution in [0.25, 0.3) is 0 Å². The standard InChI is InChI=1S/C16H20OSi/c1-11-8-13(6-7-18(3,4)5)10-15-14(11)9-12(2)16(15)17/h8,10,12H,9H2,1-5H3. The molecular formula is C16H20OSi. The Kier molecular flexibility index (Phi) is 3.21. The van der Waals surface area contributed by atoms with E-state index in [4.69, 9.17) is 0 Å². The van der Waals surface area contributed by atoms with Crippen molar-refractivity contribution in [3.63, 3.8) is 0 Å². The van der Waals surface area contributed by atoms with Crippen molar-refractivity contribution in [2.45, 2.75) is 39.9 Å². The van der Waals surface area contributed by atoms with E-state index < -0.39 is 8.07 Å². The van der Waals surface area contributed by atoms with Crippen LogP contribution in [0.2, 0.25) is 19.6 Å². The molecule has 0 aromatic heterocycles. The Morgan fingerprint density at radius 2 is 1.94 bits per heavy atom. The summed E-state index contributed by atoms with van der Waals surface area (Å²) in [6, 6.07) is 4.11. The van der Waals surface area contributed by atoms with E-state index in [0.717, 1.165) is 17.5 Å². The highest BCUT2D eigenvalue weighted by molar-refractivity contribution is 6.83. The lowest BCUT2D eigenvalue weighted by Crippen LogP contribution is -2.16. The quantitative estimate of drug-likeness (QED) is 0.512. The van der Waals surface area contributed by atoms with E-state index in [0.29, 0.717) is 0 Å². The number of benzene rings is 1. The lowest BCUT2D eigenvalue weighted by atomic mass is 10.0. The number of fused-ring (bicyclic) bond motifs is 1. The summed E-state index contributed by atoms with van der Waals surface area (Å²) in [6.45, 7) is 10.8. The largest absolute Gasteiger partial charge is 0.294 e. The van der Waals surface area contributed by atoms with Gasteiger partial charge < -0.3 is 0 Å². The number of hydrogen-bond acceptors (Lipinski definition) is 1. The molecule has 0 aliphatic heterocycles. The fourth-order valence-electron chi connectivity index (χ4n) is 2.30. The van der Waals surface area contributed by atoms with E-state index in [1.807, 2.05) is 13.0 Å². The highest BCUT2D eigenvalue weighted by atomic mass is 28.3.